The topological polar surface area (TPSA) is 127 Å². The summed E-state index contributed by atoms with van der Waals surface area (Å²) in [5.41, 5.74) is 1.85. The molecule has 9 nitrogen and oxygen atoms in total. The minimum atomic E-state index is -0.895. The second kappa shape index (κ2) is 8.79. The fraction of sp³-hybridized carbons (Fsp3) is 0.118. The highest BCUT2D eigenvalue weighted by molar-refractivity contribution is 6.43. The number of ether oxygens (including phenoxy) is 2. The van der Waals surface area contributed by atoms with Gasteiger partial charge in [-0.05, 0) is 19.1 Å². The van der Waals surface area contributed by atoms with Crippen LogP contribution in [0.3, 0.4) is 0 Å². The van der Waals surface area contributed by atoms with Gasteiger partial charge in [0, 0.05) is 12.1 Å². The highest BCUT2D eigenvalue weighted by Crippen LogP contribution is 2.29. The number of nitrogens with zero attached hydrogens (tertiary/aromatic N) is 3. The summed E-state index contributed by atoms with van der Waals surface area (Å²) in [6.07, 6.45) is 0. The zero-order valence-electron chi connectivity index (χ0n) is 13.7. The van der Waals surface area contributed by atoms with Gasteiger partial charge in [-0.15, -0.1) is 0 Å². The van der Waals surface area contributed by atoms with Crippen molar-refractivity contribution in [1.82, 2.24) is 0 Å². The Morgan fingerprint density at radius 1 is 1.27 bits per heavy atom. The number of non-ortho nitro benzene ring substituents is 1. The van der Waals surface area contributed by atoms with Crippen LogP contribution in [0.4, 0.5) is 11.4 Å². The van der Waals surface area contributed by atoms with Gasteiger partial charge in [0.25, 0.3) is 5.69 Å². The van der Waals surface area contributed by atoms with Crippen LogP contribution >= 0.6 is 0 Å². The van der Waals surface area contributed by atoms with Crippen molar-refractivity contribution in [2.45, 2.75) is 6.92 Å². The maximum Gasteiger partial charge on any atom is 0.369 e. The number of hydrogen-bond acceptors (Lipinski definition) is 8. The number of nitrogens with one attached hydrogen (secondary N) is 1. The van der Waals surface area contributed by atoms with Gasteiger partial charge in [-0.3, -0.25) is 15.5 Å². The lowest BCUT2D eigenvalue weighted by atomic mass is 10.2. The lowest BCUT2D eigenvalue weighted by Crippen LogP contribution is -2.17. The van der Waals surface area contributed by atoms with E-state index in [0.717, 1.165) is 0 Å². The Kier molecular flexibility index (Phi) is 6.23. The number of nitro benzene ring substituents is 1. The molecule has 0 aliphatic carbocycles. The summed E-state index contributed by atoms with van der Waals surface area (Å²) in [7, 11) is 0. The number of rotatable bonds is 7. The largest absolute Gasteiger partial charge is 0.461 e. The van der Waals surface area contributed by atoms with E-state index in [2.05, 4.69) is 15.3 Å². The first-order chi connectivity index (χ1) is 12.5. The maximum absolute atomic E-state index is 11.5. The summed E-state index contributed by atoms with van der Waals surface area (Å²) in [6, 6.07) is 14.2. The van der Waals surface area contributed by atoms with Gasteiger partial charge in [-0.2, -0.15) is 10.4 Å². The third-order valence-electron chi connectivity index (χ3n) is 2.95. The predicted octanol–water partition coefficient (Wildman–Crippen LogP) is 3.24. The van der Waals surface area contributed by atoms with Crippen molar-refractivity contribution in [3.63, 3.8) is 0 Å². The van der Waals surface area contributed by atoms with Gasteiger partial charge in [-0.25, -0.2) is 4.79 Å². The molecule has 132 valence electrons. The molecule has 1 N–H and O–H groups in total. The van der Waals surface area contributed by atoms with Gasteiger partial charge >= 0.3 is 5.97 Å². The molecule has 0 amide bonds. The lowest BCUT2D eigenvalue weighted by Gasteiger charge is -2.08. The van der Waals surface area contributed by atoms with Crippen molar-refractivity contribution in [3.8, 4) is 17.6 Å². The highest BCUT2D eigenvalue weighted by atomic mass is 16.6. The molecule has 26 heavy (non-hydrogen) atoms. The minimum absolute atomic E-state index is 0.0887. The van der Waals surface area contributed by atoms with E-state index < -0.39 is 16.6 Å². The predicted molar refractivity (Wildman–Crippen MR) is 92.9 cm³/mol. The number of hydrogen-bond donors (Lipinski definition) is 1. The fourth-order valence-electron chi connectivity index (χ4n) is 1.87. The minimum Gasteiger partial charge on any atom is -0.461 e. The quantitative estimate of drug-likeness (QED) is 0.350. The van der Waals surface area contributed by atoms with E-state index in [0.29, 0.717) is 5.75 Å². The molecule has 0 atom stereocenters. The number of carbonyl (C=O) groups is 1. The van der Waals surface area contributed by atoms with Gasteiger partial charge in [0.15, 0.2) is 0 Å². The molecule has 0 aliphatic heterocycles. The molecule has 0 aliphatic rings. The Hall–Kier alpha value is -3.93. The molecule has 9 heteroatoms. The summed E-state index contributed by atoms with van der Waals surface area (Å²) < 4.78 is 10.3. The fourth-order valence-corrected chi connectivity index (χ4v) is 1.87. The van der Waals surface area contributed by atoms with Crippen LogP contribution in [0, 0.1) is 21.4 Å². The number of esters is 1. The van der Waals surface area contributed by atoms with E-state index in [1.54, 1.807) is 43.3 Å². The average Bonchev–Trinajstić information content (AvgIpc) is 2.63. The van der Waals surface area contributed by atoms with Gasteiger partial charge < -0.3 is 9.47 Å². The van der Waals surface area contributed by atoms with E-state index in [9.17, 15) is 14.9 Å². The van der Waals surface area contributed by atoms with Crippen molar-refractivity contribution in [3.05, 3.63) is 58.6 Å². The molecule has 0 spiro atoms. The normalized spacial score (nSPS) is 10.5. The first-order valence-corrected chi connectivity index (χ1v) is 7.46. The number of hydrazone groups is 1. The highest BCUT2D eigenvalue weighted by Gasteiger charge is 2.14. The second-order valence-corrected chi connectivity index (χ2v) is 4.79. The molecular weight excluding hydrogens is 340 g/mol. The van der Waals surface area contributed by atoms with Crippen LogP contribution in [0.25, 0.3) is 0 Å². The zero-order chi connectivity index (χ0) is 18.9. The standard InChI is InChI=1S/C17H14N4O5/c1-2-25-17(22)16(11-18)20-19-12-8-13(21(23)24)10-15(9-12)26-14-6-4-3-5-7-14/h3-10,19H,2H2,1H3. The van der Waals surface area contributed by atoms with Crippen LogP contribution in [-0.4, -0.2) is 23.2 Å². The summed E-state index contributed by atoms with van der Waals surface area (Å²) in [5.74, 6) is -0.210. The molecule has 0 heterocycles. The Morgan fingerprint density at radius 2 is 2.00 bits per heavy atom. The molecule has 0 bridgehead atoms. The third kappa shape index (κ3) is 5.04. The monoisotopic (exact) mass is 354 g/mol. The summed E-state index contributed by atoms with van der Waals surface area (Å²) in [4.78, 5) is 22.0. The van der Waals surface area contributed by atoms with Crippen LogP contribution < -0.4 is 10.2 Å². The second-order valence-electron chi connectivity index (χ2n) is 4.79. The van der Waals surface area contributed by atoms with Crippen LogP contribution in [0.5, 0.6) is 11.5 Å². The number of anilines is 1. The molecule has 0 saturated heterocycles. The first kappa shape index (κ1) is 18.4. The molecule has 0 radical (unpaired) electrons. The smallest absolute Gasteiger partial charge is 0.369 e. The van der Waals surface area contributed by atoms with Crippen LogP contribution in [0.2, 0.25) is 0 Å². The van der Waals surface area contributed by atoms with E-state index in [1.807, 2.05) is 0 Å². The average molecular weight is 354 g/mol. The van der Waals surface area contributed by atoms with Crippen LogP contribution in [0.15, 0.2) is 53.6 Å². The van der Waals surface area contributed by atoms with Crippen molar-refractivity contribution in [1.29, 1.82) is 5.26 Å². The van der Waals surface area contributed by atoms with Gasteiger partial charge in [0.05, 0.1) is 23.3 Å². The molecule has 0 unspecified atom stereocenters. The molecule has 2 aromatic carbocycles. The van der Waals surface area contributed by atoms with Crippen LogP contribution in [0.1, 0.15) is 6.92 Å². The molecule has 0 aromatic heterocycles. The van der Waals surface area contributed by atoms with Crippen molar-refractivity contribution in [2.75, 3.05) is 12.0 Å². The number of carbonyl (C=O) groups excluding carboxylic acids is 1. The Labute approximate surface area is 148 Å². The van der Waals surface area contributed by atoms with E-state index >= 15 is 0 Å². The summed E-state index contributed by atoms with van der Waals surface area (Å²) in [5, 5.41) is 23.7. The van der Waals surface area contributed by atoms with Gasteiger partial charge in [0.2, 0.25) is 5.71 Å². The first-order valence-electron chi connectivity index (χ1n) is 7.46. The summed E-state index contributed by atoms with van der Waals surface area (Å²) >= 11 is 0. The molecule has 0 saturated carbocycles. The van der Waals surface area contributed by atoms with Crippen molar-refractivity contribution < 1.29 is 19.2 Å². The van der Waals surface area contributed by atoms with E-state index in [1.165, 1.54) is 18.2 Å². The number of nitro groups is 1. The van der Waals surface area contributed by atoms with Crippen molar-refractivity contribution >= 4 is 23.1 Å². The SMILES string of the molecule is CCOC(=O)C(C#N)=NNc1cc(Oc2ccccc2)cc([N+](=O)[O-])c1. The molecular formula is C17H14N4O5. The van der Waals surface area contributed by atoms with Crippen LogP contribution in [-0.2, 0) is 9.53 Å². The lowest BCUT2D eigenvalue weighted by molar-refractivity contribution is -0.384. The van der Waals surface area contributed by atoms with E-state index in [-0.39, 0.29) is 23.7 Å². The number of nitriles is 1. The van der Waals surface area contributed by atoms with Gasteiger partial charge in [0.1, 0.15) is 17.6 Å². The summed E-state index contributed by atoms with van der Waals surface area (Å²) in [6.45, 7) is 1.68. The maximum atomic E-state index is 11.5. The Bertz CT molecular complexity index is 874. The number of benzene rings is 2. The molecule has 2 rings (SSSR count). The zero-order valence-corrected chi connectivity index (χ0v) is 13.7. The Morgan fingerprint density at radius 3 is 2.62 bits per heavy atom. The number of para-hydroxylation sites is 1. The van der Waals surface area contributed by atoms with Gasteiger partial charge in [-0.1, -0.05) is 18.2 Å². The third-order valence-corrected chi connectivity index (χ3v) is 2.95. The molecule has 0 fully saturated rings. The Balaban J connectivity index is 2.28. The van der Waals surface area contributed by atoms with Crippen molar-refractivity contribution in [2.24, 2.45) is 5.10 Å². The molecule has 2 aromatic rings. The van der Waals surface area contributed by atoms with E-state index in [4.69, 9.17) is 10.00 Å².